The number of halogens is 1. The molecule has 0 atom stereocenters. The molecule has 7 heteroatoms. The van der Waals surface area contributed by atoms with E-state index in [9.17, 15) is 0 Å². The molecule has 0 aliphatic heterocycles. The van der Waals surface area contributed by atoms with Crippen LogP contribution in [0, 0.1) is 0 Å². The summed E-state index contributed by atoms with van der Waals surface area (Å²) in [5, 5.41) is 13.4. The van der Waals surface area contributed by atoms with E-state index in [4.69, 9.17) is 5.73 Å². The van der Waals surface area contributed by atoms with Crippen LogP contribution in [0.15, 0.2) is 28.7 Å². The first kappa shape index (κ1) is 10.8. The van der Waals surface area contributed by atoms with Crippen LogP contribution in [0.2, 0.25) is 0 Å². The zero-order valence-electron chi connectivity index (χ0n) is 8.67. The van der Waals surface area contributed by atoms with Crippen LogP contribution in [-0.4, -0.2) is 19.8 Å². The second-order valence-electron chi connectivity index (χ2n) is 3.42. The SMILES string of the molecule is NCc1nn2c(-c3ccc(Br)cc3)nnc2s1. The van der Waals surface area contributed by atoms with Crippen molar-refractivity contribution in [2.75, 3.05) is 0 Å². The van der Waals surface area contributed by atoms with Gasteiger partial charge in [0.2, 0.25) is 4.96 Å². The highest BCUT2D eigenvalue weighted by Gasteiger charge is 2.12. The van der Waals surface area contributed by atoms with Crippen molar-refractivity contribution in [1.29, 1.82) is 0 Å². The fourth-order valence-electron chi connectivity index (χ4n) is 1.52. The number of hydrogen-bond acceptors (Lipinski definition) is 5. The molecule has 0 saturated heterocycles. The van der Waals surface area contributed by atoms with Gasteiger partial charge < -0.3 is 5.73 Å². The van der Waals surface area contributed by atoms with Gasteiger partial charge in [-0.2, -0.15) is 9.61 Å². The normalized spacial score (nSPS) is 11.2. The lowest BCUT2D eigenvalue weighted by Crippen LogP contribution is -1.97. The number of nitrogens with two attached hydrogens (primary N) is 1. The van der Waals surface area contributed by atoms with Gasteiger partial charge in [0.05, 0.1) is 0 Å². The summed E-state index contributed by atoms with van der Waals surface area (Å²) in [6, 6.07) is 7.88. The molecule has 0 spiro atoms. The summed E-state index contributed by atoms with van der Waals surface area (Å²) < 4.78 is 2.76. The van der Waals surface area contributed by atoms with Crippen molar-refractivity contribution in [1.82, 2.24) is 19.8 Å². The predicted molar refractivity (Wildman–Crippen MR) is 69.7 cm³/mol. The third kappa shape index (κ3) is 1.86. The first-order chi connectivity index (χ1) is 8.28. The van der Waals surface area contributed by atoms with Gasteiger partial charge in [-0.05, 0) is 12.1 Å². The van der Waals surface area contributed by atoms with E-state index in [1.807, 2.05) is 24.3 Å². The van der Waals surface area contributed by atoms with Crippen LogP contribution in [0.1, 0.15) is 5.01 Å². The van der Waals surface area contributed by atoms with E-state index in [2.05, 4.69) is 31.2 Å². The summed E-state index contributed by atoms with van der Waals surface area (Å²) in [7, 11) is 0. The van der Waals surface area contributed by atoms with Crippen molar-refractivity contribution in [2.45, 2.75) is 6.54 Å². The maximum absolute atomic E-state index is 5.56. The number of rotatable bonds is 2. The Kier molecular flexibility index (Phi) is 2.65. The molecule has 2 aromatic heterocycles. The van der Waals surface area contributed by atoms with Crippen molar-refractivity contribution >= 4 is 32.2 Å². The number of hydrogen-bond donors (Lipinski definition) is 1. The Morgan fingerprint density at radius 2 is 2.00 bits per heavy atom. The molecule has 2 heterocycles. The van der Waals surface area contributed by atoms with Gasteiger partial charge >= 0.3 is 0 Å². The summed E-state index contributed by atoms with van der Waals surface area (Å²) in [5.41, 5.74) is 6.54. The zero-order valence-corrected chi connectivity index (χ0v) is 11.1. The molecule has 0 fully saturated rings. The molecule has 0 radical (unpaired) electrons. The quantitative estimate of drug-likeness (QED) is 0.787. The van der Waals surface area contributed by atoms with Gasteiger partial charge in [0, 0.05) is 16.6 Å². The van der Waals surface area contributed by atoms with E-state index in [-0.39, 0.29) is 0 Å². The molecule has 17 heavy (non-hydrogen) atoms. The number of fused-ring (bicyclic) bond motifs is 1. The number of aromatic nitrogens is 4. The van der Waals surface area contributed by atoms with E-state index < -0.39 is 0 Å². The number of benzene rings is 1. The highest BCUT2D eigenvalue weighted by Crippen LogP contribution is 2.22. The topological polar surface area (TPSA) is 69.1 Å². The predicted octanol–water partition coefficient (Wildman–Crippen LogP) is 2.07. The molecule has 2 N–H and O–H groups in total. The molecule has 0 aliphatic rings. The van der Waals surface area contributed by atoms with Crippen LogP contribution < -0.4 is 5.73 Å². The van der Waals surface area contributed by atoms with Crippen molar-refractivity contribution in [2.24, 2.45) is 5.73 Å². The van der Waals surface area contributed by atoms with Crippen LogP contribution >= 0.6 is 27.3 Å². The molecule has 86 valence electrons. The highest BCUT2D eigenvalue weighted by molar-refractivity contribution is 9.10. The van der Waals surface area contributed by atoms with Crippen LogP contribution in [-0.2, 0) is 6.54 Å². The molecule has 0 unspecified atom stereocenters. The molecular formula is C10H8BrN5S. The monoisotopic (exact) mass is 309 g/mol. The lowest BCUT2D eigenvalue weighted by atomic mass is 10.2. The van der Waals surface area contributed by atoms with E-state index in [1.54, 1.807) is 4.52 Å². The first-order valence-corrected chi connectivity index (χ1v) is 6.56. The molecule has 3 rings (SSSR count). The zero-order chi connectivity index (χ0) is 11.8. The van der Waals surface area contributed by atoms with E-state index >= 15 is 0 Å². The lowest BCUT2D eigenvalue weighted by molar-refractivity contribution is 0.894. The Morgan fingerprint density at radius 1 is 1.24 bits per heavy atom. The molecule has 0 aliphatic carbocycles. The second kappa shape index (κ2) is 4.17. The Labute approximate surface area is 109 Å². The molecule has 0 saturated carbocycles. The van der Waals surface area contributed by atoms with Crippen molar-refractivity contribution in [3.05, 3.63) is 33.7 Å². The Balaban J connectivity index is 2.16. The summed E-state index contributed by atoms with van der Waals surface area (Å²) >= 11 is 4.86. The van der Waals surface area contributed by atoms with Gasteiger partial charge in [-0.15, -0.1) is 10.2 Å². The van der Waals surface area contributed by atoms with Gasteiger partial charge in [-0.3, -0.25) is 0 Å². The van der Waals surface area contributed by atoms with Crippen LogP contribution in [0.3, 0.4) is 0 Å². The maximum Gasteiger partial charge on any atom is 0.235 e. The molecule has 5 nitrogen and oxygen atoms in total. The van der Waals surface area contributed by atoms with Crippen LogP contribution in [0.25, 0.3) is 16.3 Å². The van der Waals surface area contributed by atoms with E-state index in [0.717, 1.165) is 25.8 Å². The Bertz CT molecular complexity index is 657. The Morgan fingerprint density at radius 3 is 2.71 bits per heavy atom. The second-order valence-corrected chi connectivity index (χ2v) is 5.38. The summed E-state index contributed by atoms with van der Waals surface area (Å²) in [5.74, 6) is 0.739. The largest absolute Gasteiger partial charge is 0.324 e. The molecule has 3 aromatic rings. The van der Waals surface area contributed by atoms with Crippen LogP contribution in [0.5, 0.6) is 0 Å². The van der Waals surface area contributed by atoms with Crippen molar-refractivity contribution in [3.8, 4) is 11.4 Å². The smallest absolute Gasteiger partial charge is 0.235 e. The third-order valence-electron chi connectivity index (χ3n) is 2.31. The molecule has 1 aromatic carbocycles. The molecule has 0 bridgehead atoms. The minimum Gasteiger partial charge on any atom is -0.324 e. The average Bonchev–Trinajstić information content (AvgIpc) is 2.89. The van der Waals surface area contributed by atoms with Gasteiger partial charge in [-0.1, -0.05) is 39.4 Å². The summed E-state index contributed by atoms with van der Waals surface area (Å²) in [6.07, 6.45) is 0. The van der Waals surface area contributed by atoms with E-state index in [0.29, 0.717) is 6.54 Å². The minimum atomic E-state index is 0.424. The molecular weight excluding hydrogens is 302 g/mol. The third-order valence-corrected chi connectivity index (χ3v) is 3.76. The number of nitrogens with zero attached hydrogens (tertiary/aromatic N) is 4. The van der Waals surface area contributed by atoms with Crippen molar-refractivity contribution < 1.29 is 0 Å². The highest BCUT2D eigenvalue weighted by atomic mass is 79.9. The molecule has 0 amide bonds. The summed E-state index contributed by atoms with van der Waals surface area (Å²) in [6.45, 7) is 0.424. The lowest BCUT2D eigenvalue weighted by Gasteiger charge is -1.96. The fraction of sp³-hybridized carbons (Fsp3) is 0.100. The maximum atomic E-state index is 5.56. The van der Waals surface area contributed by atoms with Gasteiger partial charge in [0.15, 0.2) is 5.82 Å². The minimum absolute atomic E-state index is 0.424. The fourth-order valence-corrected chi connectivity index (χ4v) is 2.49. The van der Waals surface area contributed by atoms with Crippen LogP contribution in [0.4, 0.5) is 0 Å². The Hall–Kier alpha value is -1.31. The first-order valence-electron chi connectivity index (χ1n) is 4.95. The summed E-state index contributed by atoms with van der Waals surface area (Å²) in [4.78, 5) is 0.767. The average molecular weight is 310 g/mol. The standard InChI is InChI=1S/C10H8BrN5S/c11-7-3-1-6(2-4-7)9-13-14-10-16(9)15-8(5-12)17-10/h1-4H,5,12H2. The van der Waals surface area contributed by atoms with Crippen molar-refractivity contribution in [3.63, 3.8) is 0 Å². The van der Waals surface area contributed by atoms with Gasteiger partial charge in [-0.25, -0.2) is 0 Å². The van der Waals surface area contributed by atoms with Gasteiger partial charge in [0.1, 0.15) is 5.01 Å². The van der Waals surface area contributed by atoms with Gasteiger partial charge in [0.25, 0.3) is 0 Å². The van der Waals surface area contributed by atoms with E-state index in [1.165, 1.54) is 11.3 Å².